The van der Waals surface area contributed by atoms with Crippen molar-refractivity contribution < 1.29 is 19.4 Å². The lowest BCUT2D eigenvalue weighted by Gasteiger charge is -2.03. The highest BCUT2D eigenvalue weighted by Gasteiger charge is 2.11. The second-order valence-electron chi connectivity index (χ2n) is 3.78. The first-order valence-electron chi connectivity index (χ1n) is 5.75. The van der Waals surface area contributed by atoms with Crippen LogP contribution in [0.25, 0.3) is 0 Å². The predicted molar refractivity (Wildman–Crippen MR) is 69.3 cm³/mol. The molecule has 0 bridgehead atoms. The van der Waals surface area contributed by atoms with Gasteiger partial charge in [0.05, 0.1) is 4.88 Å². The number of hydrogen-bond acceptors (Lipinski definition) is 4. The molecule has 1 aromatic heterocycles. The first-order valence-corrected chi connectivity index (χ1v) is 6.57. The molecule has 100 valence electrons. The van der Waals surface area contributed by atoms with E-state index in [9.17, 15) is 9.59 Å². The summed E-state index contributed by atoms with van der Waals surface area (Å²) in [6.07, 6.45) is 2.87. The third-order valence-electron chi connectivity index (χ3n) is 2.35. The molecule has 1 amide bonds. The van der Waals surface area contributed by atoms with Crippen molar-refractivity contribution in [3.63, 3.8) is 0 Å². The summed E-state index contributed by atoms with van der Waals surface area (Å²) >= 11 is 0.989. The minimum absolute atomic E-state index is 0.181. The molecule has 1 heterocycles. The maximum atomic E-state index is 11.7. The lowest BCUT2D eigenvalue weighted by molar-refractivity contribution is 0.0702. The van der Waals surface area contributed by atoms with Gasteiger partial charge in [0.15, 0.2) is 0 Å². The first-order chi connectivity index (χ1) is 8.65. The van der Waals surface area contributed by atoms with E-state index in [0.717, 1.165) is 37.2 Å². The van der Waals surface area contributed by atoms with Gasteiger partial charge in [0.1, 0.15) is 4.88 Å². The predicted octanol–water partition coefficient (Wildman–Crippen LogP) is 1.99. The summed E-state index contributed by atoms with van der Waals surface area (Å²) < 4.78 is 4.92. The largest absolute Gasteiger partial charge is 0.477 e. The minimum Gasteiger partial charge on any atom is -0.477 e. The molecule has 0 saturated carbocycles. The molecule has 5 nitrogen and oxygen atoms in total. The van der Waals surface area contributed by atoms with Crippen LogP contribution in [0.2, 0.25) is 0 Å². The fraction of sp³-hybridized carbons (Fsp3) is 0.500. The molecule has 0 saturated heterocycles. The number of carbonyl (C=O) groups is 2. The Balaban J connectivity index is 2.25. The second-order valence-corrected chi connectivity index (χ2v) is 4.86. The molecule has 0 aliphatic rings. The van der Waals surface area contributed by atoms with Crippen LogP contribution in [0.5, 0.6) is 0 Å². The SMILES string of the molecule is COCCCCCNC(=O)c1ccc(C(=O)O)s1. The third-order valence-corrected chi connectivity index (χ3v) is 3.42. The van der Waals surface area contributed by atoms with Gasteiger partial charge in [-0.25, -0.2) is 4.79 Å². The van der Waals surface area contributed by atoms with E-state index in [1.807, 2.05) is 0 Å². The van der Waals surface area contributed by atoms with E-state index in [-0.39, 0.29) is 10.8 Å². The Morgan fingerprint density at radius 1 is 1.28 bits per heavy atom. The number of nitrogens with one attached hydrogen (secondary N) is 1. The number of hydrogen-bond donors (Lipinski definition) is 2. The summed E-state index contributed by atoms with van der Waals surface area (Å²) in [7, 11) is 1.67. The number of carboxylic acid groups (broad SMARTS) is 1. The Labute approximate surface area is 110 Å². The normalized spacial score (nSPS) is 10.3. The van der Waals surface area contributed by atoms with Crippen LogP contribution in [-0.4, -0.2) is 37.2 Å². The monoisotopic (exact) mass is 271 g/mol. The van der Waals surface area contributed by atoms with Gasteiger partial charge in [-0.15, -0.1) is 11.3 Å². The van der Waals surface area contributed by atoms with Crippen LogP contribution in [-0.2, 0) is 4.74 Å². The van der Waals surface area contributed by atoms with Crippen molar-refractivity contribution in [2.45, 2.75) is 19.3 Å². The molecular formula is C12H17NO4S. The zero-order valence-electron chi connectivity index (χ0n) is 10.3. The first kappa shape index (κ1) is 14.7. The number of unbranched alkanes of at least 4 members (excludes halogenated alkanes) is 2. The van der Waals surface area contributed by atoms with E-state index in [4.69, 9.17) is 9.84 Å². The van der Waals surface area contributed by atoms with Crippen molar-refractivity contribution in [1.29, 1.82) is 0 Å². The van der Waals surface area contributed by atoms with Gasteiger partial charge in [0.25, 0.3) is 5.91 Å². The summed E-state index contributed by atoms with van der Waals surface area (Å²) in [5, 5.41) is 11.5. The van der Waals surface area contributed by atoms with E-state index in [0.29, 0.717) is 11.4 Å². The molecule has 1 aromatic rings. The zero-order valence-corrected chi connectivity index (χ0v) is 11.1. The molecule has 0 aliphatic carbocycles. The lowest BCUT2D eigenvalue weighted by atomic mass is 10.2. The third kappa shape index (κ3) is 4.85. The summed E-state index contributed by atoms with van der Waals surface area (Å²) in [5.41, 5.74) is 0. The lowest BCUT2D eigenvalue weighted by Crippen LogP contribution is -2.23. The molecule has 0 aliphatic heterocycles. The fourth-order valence-electron chi connectivity index (χ4n) is 1.41. The number of ether oxygens (including phenoxy) is 1. The van der Waals surface area contributed by atoms with Crippen molar-refractivity contribution in [1.82, 2.24) is 5.32 Å². The summed E-state index contributed by atoms with van der Waals surface area (Å²) in [4.78, 5) is 22.9. The molecule has 0 atom stereocenters. The van der Waals surface area contributed by atoms with Crippen molar-refractivity contribution >= 4 is 23.2 Å². The van der Waals surface area contributed by atoms with E-state index < -0.39 is 5.97 Å². The van der Waals surface area contributed by atoms with Gasteiger partial charge >= 0.3 is 5.97 Å². The molecule has 6 heteroatoms. The smallest absolute Gasteiger partial charge is 0.345 e. The number of amides is 1. The van der Waals surface area contributed by atoms with Crippen LogP contribution in [0.15, 0.2) is 12.1 Å². The summed E-state index contributed by atoms with van der Waals surface area (Å²) in [6, 6.07) is 2.98. The van der Waals surface area contributed by atoms with E-state index >= 15 is 0 Å². The van der Waals surface area contributed by atoms with Crippen LogP contribution in [0.3, 0.4) is 0 Å². The van der Waals surface area contributed by atoms with Gasteiger partial charge in [-0.2, -0.15) is 0 Å². The number of rotatable bonds is 8. The van der Waals surface area contributed by atoms with Gasteiger partial charge in [-0.3, -0.25) is 4.79 Å². The molecule has 0 radical (unpaired) electrons. The average Bonchev–Trinajstić information content (AvgIpc) is 2.83. The van der Waals surface area contributed by atoms with Gasteiger partial charge in [-0.1, -0.05) is 0 Å². The van der Waals surface area contributed by atoms with Gasteiger partial charge < -0.3 is 15.2 Å². The Morgan fingerprint density at radius 2 is 2.00 bits per heavy atom. The molecule has 18 heavy (non-hydrogen) atoms. The van der Waals surface area contributed by atoms with E-state index in [1.165, 1.54) is 12.1 Å². The quantitative estimate of drug-likeness (QED) is 0.709. The molecular weight excluding hydrogens is 254 g/mol. The van der Waals surface area contributed by atoms with Gasteiger partial charge in [0, 0.05) is 20.3 Å². The number of methoxy groups -OCH3 is 1. The summed E-state index contributed by atoms with van der Waals surface area (Å²) in [5.74, 6) is -1.21. The van der Waals surface area contributed by atoms with Crippen molar-refractivity contribution in [3.05, 3.63) is 21.9 Å². The van der Waals surface area contributed by atoms with Gasteiger partial charge in [-0.05, 0) is 31.4 Å². The highest BCUT2D eigenvalue weighted by molar-refractivity contribution is 7.15. The Kier molecular flexibility index (Phi) is 6.38. The number of carboxylic acids is 1. The zero-order chi connectivity index (χ0) is 13.4. The number of carbonyl (C=O) groups excluding carboxylic acids is 1. The maximum absolute atomic E-state index is 11.7. The van der Waals surface area contributed by atoms with Crippen LogP contribution in [0.1, 0.15) is 38.6 Å². The second kappa shape index (κ2) is 7.84. The highest BCUT2D eigenvalue weighted by Crippen LogP contribution is 2.16. The highest BCUT2D eigenvalue weighted by atomic mass is 32.1. The van der Waals surface area contributed by atoms with Crippen molar-refractivity contribution in [3.8, 4) is 0 Å². The molecule has 0 unspecified atom stereocenters. The van der Waals surface area contributed by atoms with Crippen LogP contribution in [0, 0.1) is 0 Å². The van der Waals surface area contributed by atoms with Crippen LogP contribution in [0.4, 0.5) is 0 Å². The molecule has 0 aromatic carbocycles. The fourth-order valence-corrected chi connectivity index (χ4v) is 2.17. The molecule has 2 N–H and O–H groups in total. The van der Waals surface area contributed by atoms with Crippen LogP contribution < -0.4 is 5.32 Å². The standard InChI is InChI=1S/C12H17NO4S/c1-17-8-4-2-3-7-13-11(14)9-5-6-10(18-9)12(15)16/h5-6H,2-4,7-8H2,1H3,(H,13,14)(H,15,16). The maximum Gasteiger partial charge on any atom is 0.345 e. The summed E-state index contributed by atoms with van der Waals surface area (Å²) in [6.45, 7) is 1.34. The topological polar surface area (TPSA) is 75.6 Å². The average molecular weight is 271 g/mol. The van der Waals surface area contributed by atoms with Crippen LogP contribution >= 0.6 is 11.3 Å². The Bertz CT molecular complexity index is 403. The number of thiophene rings is 1. The Hall–Kier alpha value is -1.40. The molecule has 0 fully saturated rings. The van der Waals surface area contributed by atoms with Crippen molar-refractivity contribution in [2.75, 3.05) is 20.3 Å². The molecule has 0 spiro atoms. The van der Waals surface area contributed by atoms with E-state index in [1.54, 1.807) is 7.11 Å². The number of aromatic carboxylic acids is 1. The van der Waals surface area contributed by atoms with Gasteiger partial charge in [0.2, 0.25) is 0 Å². The molecule has 1 rings (SSSR count). The Morgan fingerprint density at radius 3 is 2.61 bits per heavy atom. The minimum atomic E-state index is -1.00. The van der Waals surface area contributed by atoms with Crippen molar-refractivity contribution in [2.24, 2.45) is 0 Å². The van der Waals surface area contributed by atoms with E-state index in [2.05, 4.69) is 5.32 Å².